The van der Waals surface area contributed by atoms with Crippen molar-refractivity contribution >= 4 is 14.4 Å². The van der Waals surface area contributed by atoms with Gasteiger partial charge in [0.2, 0.25) is 9.04 Å². The van der Waals surface area contributed by atoms with Gasteiger partial charge in [-0.3, -0.25) is 0 Å². The highest BCUT2D eigenvalue weighted by molar-refractivity contribution is 6.85. The minimum atomic E-state index is -1.40. The Labute approximate surface area is 82.4 Å². The van der Waals surface area contributed by atoms with Crippen LogP contribution < -0.4 is 0 Å². The first kappa shape index (κ1) is 10.9. The van der Waals surface area contributed by atoms with E-state index in [1.54, 1.807) is 0 Å². The first-order valence-electron chi connectivity index (χ1n) is 5.49. The summed E-state index contributed by atoms with van der Waals surface area (Å²) < 4.78 is 5.56. The molecule has 1 rings (SSSR count). The van der Waals surface area contributed by atoms with E-state index in [-0.39, 0.29) is 0 Å². The van der Waals surface area contributed by atoms with Gasteiger partial charge in [0.1, 0.15) is 5.41 Å². The van der Waals surface area contributed by atoms with Gasteiger partial charge in [-0.15, -0.1) is 0 Å². The molecule has 1 aliphatic heterocycles. The molecular formula is C10H20O2Si. The first-order chi connectivity index (χ1) is 6.34. The predicted octanol–water partition coefficient (Wildman–Crippen LogP) is 2.21. The summed E-state index contributed by atoms with van der Waals surface area (Å²) in [6.45, 7) is 3.01. The highest BCUT2D eigenvalue weighted by atomic mass is 28.3. The number of unbranched alkanes of at least 4 members (excludes halogenated alkanes) is 2. The van der Waals surface area contributed by atoms with Crippen molar-refractivity contribution in [1.82, 2.24) is 0 Å². The molecular weight excluding hydrogens is 180 g/mol. The number of rotatable bonds is 5. The topological polar surface area (TPSA) is 26.3 Å². The van der Waals surface area contributed by atoms with Crippen molar-refractivity contribution in [3.05, 3.63) is 0 Å². The third kappa shape index (κ3) is 4.05. The van der Waals surface area contributed by atoms with Gasteiger partial charge >= 0.3 is 0 Å². The maximum absolute atomic E-state index is 11.6. The summed E-state index contributed by atoms with van der Waals surface area (Å²) in [6.07, 6.45) is 6.61. The van der Waals surface area contributed by atoms with Crippen LogP contribution in [0.3, 0.4) is 0 Å². The summed E-state index contributed by atoms with van der Waals surface area (Å²) in [5, 5.41) is 0.466. The molecule has 0 spiro atoms. The standard InChI is InChI=1S/C10H20O2Si/c1-2-3-4-7-10(11)13-9-6-5-8-12-13/h13H,2-9H2,1H3. The van der Waals surface area contributed by atoms with Crippen LogP contribution in [-0.4, -0.2) is 21.1 Å². The molecule has 0 aromatic carbocycles. The van der Waals surface area contributed by atoms with E-state index < -0.39 is 9.04 Å². The van der Waals surface area contributed by atoms with Gasteiger partial charge in [0, 0.05) is 13.0 Å². The molecule has 1 saturated heterocycles. The molecule has 2 nitrogen and oxygen atoms in total. The summed E-state index contributed by atoms with van der Waals surface area (Å²) in [5.74, 6) is 0. The Balaban J connectivity index is 2.13. The van der Waals surface area contributed by atoms with E-state index in [4.69, 9.17) is 4.43 Å². The molecule has 1 fully saturated rings. The summed E-state index contributed by atoms with van der Waals surface area (Å²) in [5.41, 5.74) is 0. The highest BCUT2D eigenvalue weighted by Crippen LogP contribution is 2.13. The third-order valence-corrected chi connectivity index (χ3v) is 5.14. The zero-order valence-corrected chi connectivity index (χ0v) is 9.71. The van der Waals surface area contributed by atoms with Gasteiger partial charge in [-0.25, -0.2) is 0 Å². The average molecular weight is 200 g/mol. The Hall–Kier alpha value is -0.153. The second-order valence-corrected chi connectivity index (χ2v) is 6.31. The van der Waals surface area contributed by atoms with Crippen LogP contribution in [0.15, 0.2) is 0 Å². The highest BCUT2D eigenvalue weighted by Gasteiger charge is 2.23. The number of hydrogen-bond donors (Lipinski definition) is 0. The van der Waals surface area contributed by atoms with Crippen LogP contribution >= 0.6 is 0 Å². The fraction of sp³-hybridized carbons (Fsp3) is 0.900. The van der Waals surface area contributed by atoms with E-state index in [1.807, 2.05) is 0 Å². The van der Waals surface area contributed by atoms with Crippen LogP contribution in [0.1, 0.15) is 45.4 Å². The smallest absolute Gasteiger partial charge is 0.249 e. The van der Waals surface area contributed by atoms with Crippen molar-refractivity contribution in [2.75, 3.05) is 6.61 Å². The quantitative estimate of drug-likeness (QED) is 0.502. The molecule has 0 radical (unpaired) electrons. The summed E-state index contributed by atoms with van der Waals surface area (Å²) in [6, 6.07) is 1.09. The van der Waals surface area contributed by atoms with Crippen LogP contribution in [0.25, 0.3) is 0 Å². The van der Waals surface area contributed by atoms with Gasteiger partial charge in [-0.05, 0) is 18.9 Å². The van der Waals surface area contributed by atoms with E-state index in [9.17, 15) is 4.79 Å². The maximum Gasteiger partial charge on any atom is 0.249 e. The lowest BCUT2D eigenvalue weighted by Gasteiger charge is -2.19. The van der Waals surface area contributed by atoms with Crippen molar-refractivity contribution < 1.29 is 9.22 Å². The Kier molecular flexibility index (Phi) is 5.31. The molecule has 1 heterocycles. The fourth-order valence-corrected chi connectivity index (χ4v) is 4.02. The Morgan fingerprint density at radius 2 is 2.23 bits per heavy atom. The Bertz CT molecular complexity index is 153. The van der Waals surface area contributed by atoms with Gasteiger partial charge in [-0.2, -0.15) is 0 Å². The normalized spacial score (nSPS) is 23.0. The van der Waals surface area contributed by atoms with E-state index in [0.717, 1.165) is 31.9 Å². The van der Waals surface area contributed by atoms with E-state index >= 15 is 0 Å². The van der Waals surface area contributed by atoms with Crippen LogP contribution in [0.2, 0.25) is 6.04 Å². The molecule has 1 unspecified atom stereocenters. The van der Waals surface area contributed by atoms with E-state index in [1.165, 1.54) is 19.3 Å². The van der Waals surface area contributed by atoms with Gasteiger partial charge < -0.3 is 9.22 Å². The van der Waals surface area contributed by atoms with E-state index in [2.05, 4.69) is 6.92 Å². The minimum absolute atomic E-state index is 0.466. The molecule has 0 aromatic heterocycles. The number of carbonyl (C=O) groups is 1. The monoisotopic (exact) mass is 200 g/mol. The van der Waals surface area contributed by atoms with E-state index in [0.29, 0.717) is 5.41 Å². The van der Waals surface area contributed by atoms with Crippen LogP contribution in [0.4, 0.5) is 0 Å². The predicted molar refractivity (Wildman–Crippen MR) is 56.3 cm³/mol. The lowest BCUT2D eigenvalue weighted by Crippen LogP contribution is -2.32. The molecule has 13 heavy (non-hydrogen) atoms. The van der Waals surface area contributed by atoms with Crippen molar-refractivity contribution in [3.63, 3.8) is 0 Å². The molecule has 0 aliphatic carbocycles. The zero-order chi connectivity index (χ0) is 9.52. The molecule has 0 N–H and O–H groups in total. The molecule has 1 atom stereocenters. The lowest BCUT2D eigenvalue weighted by molar-refractivity contribution is -0.113. The first-order valence-corrected chi connectivity index (χ1v) is 7.35. The second-order valence-electron chi connectivity index (χ2n) is 3.78. The minimum Gasteiger partial charge on any atom is -0.412 e. The van der Waals surface area contributed by atoms with Crippen molar-refractivity contribution in [3.8, 4) is 0 Å². The molecule has 3 heteroatoms. The van der Waals surface area contributed by atoms with Crippen molar-refractivity contribution in [2.45, 2.75) is 51.5 Å². The SMILES string of the molecule is CCCCCC(=O)[SiH]1CCCCO1. The number of carbonyl (C=O) groups excluding carboxylic acids is 1. The molecule has 0 aromatic rings. The van der Waals surface area contributed by atoms with Crippen molar-refractivity contribution in [1.29, 1.82) is 0 Å². The van der Waals surface area contributed by atoms with Crippen LogP contribution in [-0.2, 0) is 9.22 Å². The molecule has 0 bridgehead atoms. The van der Waals surface area contributed by atoms with Gasteiger partial charge in [0.05, 0.1) is 0 Å². The van der Waals surface area contributed by atoms with Crippen LogP contribution in [0, 0.1) is 0 Å². The lowest BCUT2D eigenvalue weighted by atomic mass is 10.2. The second kappa shape index (κ2) is 6.32. The maximum atomic E-state index is 11.6. The average Bonchev–Trinajstić information content (AvgIpc) is 2.19. The van der Waals surface area contributed by atoms with Gasteiger partial charge in [0.25, 0.3) is 0 Å². The fourth-order valence-electron chi connectivity index (χ4n) is 1.70. The largest absolute Gasteiger partial charge is 0.412 e. The number of hydrogen-bond acceptors (Lipinski definition) is 2. The summed E-state index contributed by atoms with van der Waals surface area (Å²) >= 11 is 0. The van der Waals surface area contributed by atoms with Gasteiger partial charge in [0.15, 0.2) is 0 Å². The zero-order valence-electron chi connectivity index (χ0n) is 8.55. The Morgan fingerprint density at radius 3 is 2.85 bits per heavy atom. The van der Waals surface area contributed by atoms with Crippen molar-refractivity contribution in [2.24, 2.45) is 0 Å². The summed E-state index contributed by atoms with van der Waals surface area (Å²) in [7, 11) is -1.40. The molecule has 76 valence electrons. The molecule has 0 amide bonds. The van der Waals surface area contributed by atoms with Gasteiger partial charge in [-0.1, -0.05) is 26.2 Å². The molecule has 1 aliphatic rings. The Morgan fingerprint density at radius 1 is 1.38 bits per heavy atom. The third-order valence-electron chi connectivity index (χ3n) is 2.57. The molecule has 0 saturated carbocycles. The van der Waals surface area contributed by atoms with Crippen LogP contribution in [0.5, 0.6) is 0 Å². The summed E-state index contributed by atoms with van der Waals surface area (Å²) in [4.78, 5) is 11.6.